The van der Waals surface area contributed by atoms with Crippen molar-refractivity contribution < 1.29 is 14.3 Å². The summed E-state index contributed by atoms with van der Waals surface area (Å²) in [6.45, 7) is 5.19. The van der Waals surface area contributed by atoms with Crippen molar-refractivity contribution in [3.05, 3.63) is 23.8 Å². The highest BCUT2D eigenvalue weighted by Gasteiger charge is 2.22. The van der Waals surface area contributed by atoms with E-state index in [4.69, 9.17) is 9.47 Å². The molecule has 1 unspecified atom stereocenters. The Bertz CT molecular complexity index is 450. The number of hydrogen-bond acceptors (Lipinski definition) is 4. The van der Waals surface area contributed by atoms with Gasteiger partial charge in [0.2, 0.25) is 6.79 Å². The van der Waals surface area contributed by atoms with Crippen molar-refractivity contribution in [3.63, 3.8) is 0 Å². The first-order valence-electron chi connectivity index (χ1n) is 6.27. The smallest absolute Gasteiger partial charge is 0.231 e. The largest absolute Gasteiger partial charge is 0.454 e. The summed E-state index contributed by atoms with van der Waals surface area (Å²) in [7, 11) is 1.97. The first-order valence-corrected chi connectivity index (χ1v) is 6.27. The van der Waals surface area contributed by atoms with Gasteiger partial charge in [-0.3, -0.25) is 9.69 Å². The summed E-state index contributed by atoms with van der Waals surface area (Å²) in [5.74, 6) is 1.48. The van der Waals surface area contributed by atoms with Gasteiger partial charge in [-0.1, -0.05) is 6.92 Å². The van der Waals surface area contributed by atoms with Crippen LogP contribution in [0.2, 0.25) is 0 Å². The molecule has 0 saturated heterocycles. The highest BCUT2D eigenvalue weighted by molar-refractivity contribution is 6.00. The van der Waals surface area contributed by atoms with Crippen molar-refractivity contribution in [1.29, 1.82) is 0 Å². The summed E-state index contributed by atoms with van der Waals surface area (Å²) in [5, 5.41) is 0. The van der Waals surface area contributed by atoms with Crippen molar-refractivity contribution in [3.8, 4) is 11.5 Å². The predicted octanol–water partition coefficient (Wildman–Crippen LogP) is 2.75. The average molecular weight is 286 g/mol. The van der Waals surface area contributed by atoms with Crippen LogP contribution in [-0.2, 0) is 0 Å². The summed E-state index contributed by atoms with van der Waals surface area (Å²) in [6, 6.07) is 5.24. The molecule has 0 N–H and O–H groups in total. The van der Waals surface area contributed by atoms with Gasteiger partial charge in [-0.15, -0.1) is 12.4 Å². The van der Waals surface area contributed by atoms with E-state index < -0.39 is 0 Å². The number of carbonyl (C=O) groups excluding carboxylic acids is 1. The fourth-order valence-electron chi connectivity index (χ4n) is 2.04. The molecule has 0 aliphatic carbocycles. The van der Waals surface area contributed by atoms with E-state index in [1.54, 1.807) is 18.2 Å². The molecule has 0 bridgehead atoms. The van der Waals surface area contributed by atoms with Crippen LogP contribution in [0.15, 0.2) is 18.2 Å². The number of nitrogens with zero attached hydrogens (tertiary/aromatic N) is 1. The Morgan fingerprint density at radius 3 is 2.74 bits per heavy atom. The minimum Gasteiger partial charge on any atom is -0.454 e. The number of carbonyl (C=O) groups is 1. The van der Waals surface area contributed by atoms with Gasteiger partial charge in [-0.2, -0.15) is 0 Å². The molecule has 1 heterocycles. The van der Waals surface area contributed by atoms with Gasteiger partial charge in [0.15, 0.2) is 17.3 Å². The summed E-state index contributed by atoms with van der Waals surface area (Å²) in [5.41, 5.74) is 0.676. The molecule has 19 heavy (non-hydrogen) atoms. The molecule has 1 aromatic carbocycles. The van der Waals surface area contributed by atoms with E-state index >= 15 is 0 Å². The number of likely N-dealkylation sites (N-methyl/N-ethyl adjacent to an activating group) is 1. The first kappa shape index (κ1) is 15.8. The van der Waals surface area contributed by atoms with E-state index in [0.29, 0.717) is 17.1 Å². The van der Waals surface area contributed by atoms with Gasteiger partial charge in [0.05, 0.1) is 6.04 Å². The second-order valence-electron chi connectivity index (χ2n) is 4.59. The average Bonchev–Trinajstić information content (AvgIpc) is 2.84. The lowest BCUT2D eigenvalue weighted by molar-refractivity contribution is 0.0868. The number of ketones is 1. The fraction of sp³-hybridized carbons (Fsp3) is 0.500. The quantitative estimate of drug-likeness (QED) is 0.780. The van der Waals surface area contributed by atoms with Crippen molar-refractivity contribution in [2.75, 3.05) is 20.4 Å². The second kappa shape index (κ2) is 6.78. The highest BCUT2D eigenvalue weighted by atomic mass is 35.5. The van der Waals surface area contributed by atoms with Crippen LogP contribution in [0.4, 0.5) is 0 Å². The zero-order valence-electron chi connectivity index (χ0n) is 11.5. The molecular formula is C14H20ClNO3. The van der Waals surface area contributed by atoms with Gasteiger partial charge in [0.25, 0.3) is 0 Å². The zero-order valence-corrected chi connectivity index (χ0v) is 12.3. The van der Waals surface area contributed by atoms with Gasteiger partial charge in [-0.25, -0.2) is 0 Å². The van der Waals surface area contributed by atoms with E-state index in [1.807, 2.05) is 14.0 Å². The maximum Gasteiger partial charge on any atom is 0.231 e. The number of ether oxygens (including phenoxy) is 2. The first-order chi connectivity index (χ1) is 8.63. The molecule has 106 valence electrons. The lowest BCUT2D eigenvalue weighted by Gasteiger charge is -2.22. The lowest BCUT2D eigenvalue weighted by Crippen LogP contribution is -2.36. The molecule has 0 amide bonds. The molecule has 0 saturated carbocycles. The third kappa shape index (κ3) is 3.39. The Morgan fingerprint density at radius 2 is 2.05 bits per heavy atom. The predicted molar refractivity (Wildman–Crippen MR) is 76.5 cm³/mol. The summed E-state index contributed by atoms with van der Waals surface area (Å²) in [4.78, 5) is 14.4. The normalized spacial score (nSPS) is 14.1. The number of hydrogen-bond donors (Lipinski definition) is 0. The summed E-state index contributed by atoms with van der Waals surface area (Å²) in [6.07, 6.45) is 1.04. The van der Waals surface area contributed by atoms with E-state index in [1.165, 1.54) is 0 Å². The Hall–Kier alpha value is -1.26. The molecule has 1 aliphatic heterocycles. The lowest BCUT2D eigenvalue weighted by atomic mass is 10.0. The minimum absolute atomic E-state index is 0. The maximum absolute atomic E-state index is 12.3. The topological polar surface area (TPSA) is 38.8 Å². The van der Waals surface area contributed by atoms with Crippen LogP contribution < -0.4 is 9.47 Å². The third-order valence-electron chi connectivity index (χ3n) is 3.27. The van der Waals surface area contributed by atoms with Gasteiger partial charge in [0.1, 0.15) is 0 Å². The second-order valence-corrected chi connectivity index (χ2v) is 4.59. The number of benzene rings is 1. The molecule has 1 aliphatic rings. The Balaban J connectivity index is 0.00000180. The van der Waals surface area contributed by atoms with Crippen LogP contribution in [0.1, 0.15) is 30.6 Å². The number of halogens is 1. The molecule has 2 rings (SSSR count). The summed E-state index contributed by atoms with van der Waals surface area (Å²) < 4.78 is 10.5. The molecular weight excluding hydrogens is 266 g/mol. The van der Waals surface area contributed by atoms with Crippen molar-refractivity contribution in [1.82, 2.24) is 4.90 Å². The van der Waals surface area contributed by atoms with Gasteiger partial charge in [0, 0.05) is 5.56 Å². The zero-order chi connectivity index (χ0) is 13.1. The van der Waals surface area contributed by atoms with Crippen molar-refractivity contribution in [2.24, 2.45) is 0 Å². The Labute approximate surface area is 120 Å². The van der Waals surface area contributed by atoms with Gasteiger partial charge >= 0.3 is 0 Å². The van der Waals surface area contributed by atoms with Crippen LogP contribution in [0.25, 0.3) is 0 Å². The highest BCUT2D eigenvalue weighted by Crippen LogP contribution is 2.32. The SMILES string of the molecule is CCCN(C)C(C)C(=O)c1ccc2c(c1)OCO2.Cl. The van der Waals surface area contributed by atoms with Gasteiger partial charge < -0.3 is 9.47 Å². The van der Waals surface area contributed by atoms with Crippen LogP contribution in [0.5, 0.6) is 11.5 Å². The molecule has 0 aromatic heterocycles. The number of fused-ring (bicyclic) bond motifs is 1. The van der Waals surface area contributed by atoms with E-state index in [-0.39, 0.29) is 31.0 Å². The van der Waals surface area contributed by atoms with E-state index in [9.17, 15) is 4.79 Å². The van der Waals surface area contributed by atoms with Crippen molar-refractivity contribution in [2.45, 2.75) is 26.3 Å². The monoisotopic (exact) mass is 285 g/mol. The van der Waals surface area contributed by atoms with E-state index in [0.717, 1.165) is 13.0 Å². The van der Waals surface area contributed by atoms with Crippen LogP contribution in [0, 0.1) is 0 Å². The van der Waals surface area contributed by atoms with E-state index in [2.05, 4.69) is 11.8 Å². The van der Waals surface area contributed by atoms with Crippen LogP contribution in [-0.4, -0.2) is 37.1 Å². The Kier molecular flexibility index (Phi) is 5.63. The molecule has 0 fully saturated rings. The minimum atomic E-state index is -0.120. The summed E-state index contributed by atoms with van der Waals surface area (Å²) >= 11 is 0. The van der Waals surface area contributed by atoms with Gasteiger partial charge in [-0.05, 0) is 45.1 Å². The van der Waals surface area contributed by atoms with Crippen molar-refractivity contribution >= 4 is 18.2 Å². The molecule has 1 aromatic rings. The van der Waals surface area contributed by atoms with Crippen LogP contribution >= 0.6 is 12.4 Å². The third-order valence-corrected chi connectivity index (χ3v) is 3.27. The number of Topliss-reactive ketones (excluding diaryl/α,β-unsaturated/α-hetero) is 1. The van der Waals surface area contributed by atoms with Crippen LogP contribution in [0.3, 0.4) is 0 Å². The molecule has 0 radical (unpaired) electrons. The molecule has 5 heteroatoms. The Morgan fingerprint density at radius 1 is 1.37 bits per heavy atom. The molecule has 0 spiro atoms. The standard InChI is InChI=1S/C14H19NO3.ClH/c1-4-7-15(3)10(2)14(16)11-5-6-12-13(8-11)18-9-17-12;/h5-6,8,10H,4,7,9H2,1-3H3;1H. The molecule has 1 atom stereocenters. The molecule has 4 nitrogen and oxygen atoms in total. The maximum atomic E-state index is 12.3. The fourth-order valence-corrected chi connectivity index (χ4v) is 2.04. The number of rotatable bonds is 5.